The van der Waals surface area contributed by atoms with Gasteiger partial charge in [0, 0.05) is 55.2 Å². The van der Waals surface area contributed by atoms with Gasteiger partial charge in [-0.05, 0) is 124 Å². The average Bonchev–Trinajstić information content (AvgIpc) is 3.98. The van der Waals surface area contributed by atoms with E-state index in [0.29, 0.717) is 38.9 Å². The number of cyclic esters (lactones) is 1. The minimum Gasteiger partial charge on any atom is -0.459 e. The molecule has 4 aliphatic heterocycles. The molecule has 0 saturated carbocycles. The zero-order valence-electron chi connectivity index (χ0n) is 44.4. The van der Waals surface area contributed by atoms with E-state index >= 15 is 0 Å². The molecule has 1 unspecified atom stereocenters. The summed E-state index contributed by atoms with van der Waals surface area (Å²) in [6.07, 6.45) is -3.31. The molecule has 0 amide bonds. The van der Waals surface area contributed by atoms with Crippen molar-refractivity contribution in [3.8, 4) is 0 Å². The van der Waals surface area contributed by atoms with E-state index in [1.54, 1.807) is 32.4 Å². The van der Waals surface area contributed by atoms with Gasteiger partial charge in [-0.25, -0.2) is 4.68 Å². The maximum absolute atomic E-state index is 14.6. The molecule has 0 spiro atoms. The number of hydrogen-bond donors (Lipinski definition) is 5. The van der Waals surface area contributed by atoms with Gasteiger partial charge in [-0.15, -0.1) is 5.10 Å². The highest BCUT2D eigenvalue weighted by molar-refractivity contribution is 9.10. The lowest BCUT2D eigenvalue weighted by atomic mass is 9.68. The number of ether oxygens (including phenoxy) is 5. The Bertz CT molecular complexity index is 2060. The lowest BCUT2D eigenvalue weighted by molar-refractivity contribution is -0.303. The van der Waals surface area contributed by atoms with Crippen molar-refractivity contribution in [1.82, 2.24) is 24.8 Å². The van der Waals surface area contributed by atoms with Crippen molar-refractivity contribution in [3.05, 3.63) is 46.2 Å². The molecule has 2 aromatic rings. The second kappa shape index (κ2) is 23.9. The Morgan fingerprint density at radius 1 is 0.986 bits per heavy atom. The van der Waals surface area contributed by atoms with Crippen LogP contribution in [0.5, 0.6) is 0 Å². The molecule has 19 atom stereocenters. The van der Waals surface area contributed by atoms with Gasteiger partial charge < -0.3 is 63.9 Å². The second-order valence-corrected chi connectivity index (χ2v) is 23.2. The molecule has 1 aromatic carbocycles. The Morgan fingerprint density at radius 3 is 2.34 bits per heavy atom. The maximum Gasteiger partial charge on any atom is 0.309 e. The van der Waals surface area contributed by atoms with Crippen molar-refractivity contribution >= 4 is 27.6 Å². The zero-order chi connectivity index (χ0) is 52.3. The molecule has 5 N–H and O–H groups in total. The fourth-order valence-electron chi connectivity index (χ4n) is 12.0. The molecule has 4 aliphatic rings. The number of nitrogens with zero attached hydrogens (tertiary/aromatic N) is 6. The molecule has 5 heterocycles. The molecule has 3 saturated heterocycles. The van der Waals surface area contributed by atoms with Crippen LogP contribution in [-0.4, -0.2) is 186 Å². The molecule has 0 bridgehead atoms. The van der Waals surface area contributed by atoms with Gasteiger partial charge in [0.25, 0.3) is 0 Å². The van der Waals surface area contributed by atoms with Gasteiger partial charge >= 0.3 is 5.97 Å². The third kappa shape index (κ3) is 13.4. The monoisotopic (exact) mass is 1060 g/mol. The summed E-state index contributed by atoms with van der Waals surface area (Å²) in [6, 6.07) is 7.09. The van der Waals surface area contributed by atoms with Crippen LogP contribution in [-0.2, 0) is 46.3 Å². The van der Waals surface area contributed by atoms with Crippen LogP contribution < -0.4 is 0 Å². The predicted octanol–water partition coefficient (Wildman–Crippen LogP) is 4.72. The topological polar surface area (TPSA) is 223 Å². The van der Waals surface area contributed by atoms with Crippen LogP contribution in [0.3, 0.4) is 0 Å². The first kappa shape index (κ1) is 57.6. The first-order valence-corrected chi connectivity index (χ1v) is 26.6. The average molecular weight is 1070 g/mol. The van der Waals surface area contributed by atoms with Gasteiger partial charge in [0.15, 0.2) is 12.4 Å². The minimum absolute atomic E-state index is 0.149. The Hall–Kier alpha value is -2.66. The van der Waals surface area contributed by atoms with E-state index in [1.807, 2.05) is 84.1 Å². The van der Waals surface area contributed by atoms with Crippen molar-refractivity contribution in [1.29, 1.82) is 0 Å². The van der Waals surface area contributed by atoms with Crippen molar-refractivity contribution < 1.29 is 58.8 Å². The Labute approximate surface area is 429 Å². The Balaban J connectivity index is 1.21. The highest BCUT2D eigenvalue weighted by Gasteiger charge is 2.55. The van der Waals surface area contributed by atoms with Crippen LogP contribution in [0, 0.1) is 23.7 Å². The first-order valence-electron chi connectivity index (χ1n) is 25.8. The maximum atomic E-state index is 14.6. The number of carbonyl (C=O) groups is 1. The number of aliphatic hydroxyl groups excluding tert-OH is 3. The Morgan fingerprint density at radius 2 is 1.68 bits per heavy atom. The minimum atomic E-state index is -1.81. The standard InChI is InChI=1S/C52H85BrN6O12/c1-14-42-52(10,65)45(61)33(6)58(12)26-29(2)24-50(8,64)47(31(4)43(32(5)48(63)69-42)41-25-51(9,66-13)46(62)34(7)68-41)70-49-44(60)40(22-30(3)67-49)57(11)21-15-16-37-27-59(56-54-37)28-38-23-39(55-71-38)35-17-19-36(53)20-18-35/h17-20,27,29-34,38,40-47,49,60-62,64-65H,14-16,21-26,28H2,1-13H3/t29-,30-,31+,32-,33-,34+,38-,40+,41?,42-,43+,44-,45-,46+,47-,49+,50-,51-,52-/m1/s1. The number of esters is 1. The summed E-state index contributed by atoms with van der Waals surface area (Å²) in [4.78, 5) is 24.4. The summed E-state index contributed by atoms with van der Waals surface area (Å²) in [5, 5.41) is 73.2. The van der Waals surface area contributed by atoms with Crippen LogP contribution in [0.1, 0.15) is 119 Å². The summed E-state index contributed by atoms with van der Waals surface area (Å²) in [5.74, 6) is -3.09. The normalized spacial score (nSPS) is 41.5. The molecule has 71 heavy (non-hydrogen) atoms. The van der Waals surface area contributed by atoms with Gasteiger partial charge in [0.05, 0.1) is 59.5 Å². The summed E-state index contributed by atoms with van der Waals surface area (Å²) >= 11 is 3.48. The number of halogens is 1. The van der Waals surface area contributed by atoms with E-state index in [-0.39, 0.29) is 43.4 Å². The first-order chi connectivity index (χ1) is 33.3. The van der Waals surface area contributed by atoms with E-state index in [4.69, 9.17) is 28.5 Å². The molecule has 18 nitrogen and oxygen atoms in total. The highest BCUT2D eigenvalue weighted by atomic mass is 79.9. The van der Waals surface area contributed by atoms with Crippen LogP contribution >= 0.6 is 15.9 Å². The van der Waals surface area contributed by atoms with Crippen molar-refractivity contribution in [2.24, 2.45) is 28.8 Å². The quantitative estimate of drug-likeness (QED) is 0.171. The van der Waals surface area contributed by atoms with E-state index in [9.17, 15) is 30.3 Å². The van der Waals surface area contributed by atoms with E-state index in [1.165, 1.54) is 14.0 Å². The molecule has 3 fully saturated rings. The third-order valence-corrected chi connectivity index (χ3v) is 16.8. The molecule has 402 valence electrons. The predicted molar refractivity (Wildman–Crippen MR) is 270 cm³/mol. The second-order valence-electron chi connectivity index (χ2n) is 22.3. The summed E-state index contributed by atoms with van der Waals surface area (Å²) in [7, 11) is 5.37. The van der Waals surface area contributed by atoms with Crippen LogP contribution in [0.2, 0.25) is 0 Å². The van der Waals surface area contributed by atoms with Crippen molar-refractivity contribution in [2.45, 2.75) is 211 Å². The molecular weight excluding hydrogens is 981 g/mol. The van der Waals surface area contributed by atoms with Crippen molar-refractivity contribution in [2.75, 3.05) is 34.3 Å². The number of hydrogen-bond acceptors (Lipinski definition) is 17. The number of benzene rings is 1. The SMILES string of the molecule is CC[C@H]1OC(=O)[C@H](C)[C@@H](C2C[C@@](C)(OC)[C@@H](O)[C@H](C)O2)[C@H](C)[C@@H](O[C@@H]2O[C@H](C)C[C@H](N(C)CCCc3cn(C[C@H]4CC(c5ccc(Br)cc5)=NO4)nn3)[C@H]2O)[C@](C)(O)C[C@@H](C)CN(C)[C@H](C)[C@@H](O)[C@]1(C)O. The van der Waals surface area contributed by atoms with Gasteiger partial charge in [-0.2, -0.15) is 0 Å². The van der Waals surface area contributed by atoms with Gasteiger partial charge in [-0.3, -0.25) is 4.79 Å². The van der Waals surface area contributed by atoms with E-state index < -0.39 is 95.6 Å². The van der Waals surface area contributed by atoms with Gasteiger partial charge in [0.2, 0.25) is 0 Å². The Kier molecular flexibility index (Phi) is 19.4. The zero-order valence-corrected chi connectivity index (χ0v) is 45.9. The van der Waals surface area contributed by atoms with Crippen LogP contribution in [0.4, 0.5) is 0 Å². The lowest BCUT2D eigenvalue weighted by Crippen LogP contribution is -2.62. The number of aliphatic hydroxyl groups is 5. The van der Waals surface area contributed by atoms with Crippen molar-refractivity contribution in [3.63, 3.8) is 0 Å². The van der Waals surface area contributed by atoms with Crippen LogP contribution in [0.25, 0.3) is 0 Å². The number of rotatable bonds is 13. The molecular formula is C52H85BrN6O12. The number of likely N-dealkylation sites (N-methyl/N-ethyl adjacent to an activating group) is 2. The fraction of sp³-hybridized carbons (Fsp3) is 0.808. The molecule has 0 aliphatic carbocycles. The largest absolute Gasteiger partial charge is 0.459 e. The molecule has 1 aromatic heterocycles. The number of carbonyl (C=O) groups excluding carboxylic acids is 1. The number of oxime groups is 1. The van der Waals surface area contributed by atoms with E-state index in [0.717, 1.165) is 27.9 Å². The highest BCUT2D eigenvalue weighted by Crippen LogP contribution is 2.45. The number of aryl methyl sites for hydroxylation is 1. The van der Waals surface area contributed by atoms with E-state index in [2.05, 4.69) is 36.3 Å². The molecule has 19 heteroatoms. The summed E-state index contributed by atoms with van der Waals surface area (Å²) in [5.41, 5.74) is -1.66. The smallest absolute Gasteiger partial charge is 0.309 e. The number of aromatic nitrogens is 3. The van der Waals surface area contributed by atoms with Crippen LogP contribution in [0.15, 0.2) is 40.1 Å². The fourth-order valence-corrected chi connectivity index (χ4v) is 12.2. The summed E-state index contributed by atoms with van der Waals surface area (Å²) < 4.78 is 35.0. The third-order valence-electron chi connectivity index (χ3n) is 16.3. The number of methoxy groups -OCH3 is 1. The lowest BCUT2D eigenvalue weighted by Gasteiger charge is -2.51. The van der Waals surface area contributed by atoms with Gasteiger partial charge in [0.1, 0.15) is 30.0 Å². The molecule has 0 radical (unpaired) electrons. The summed E-state index contributed by atoms with van der Waals surface area (Å²) in [6.45, 7) is 19.6. The molecule has 6 rings (SSSR count). The van der Waals surface area contributed by atoms with Gasteiger partial charge in [-0.1, -0.05) is 66.1 Å².